The molecular formula is C14H18O5S. The molecule has 20 heavy (non-hydrogen) atoms. The van der Waals surface area contributed by atoms with Crippen molar-refractivity contribution in [2.75, 3.05) is 6.61 Å². The Morgan fingerprint density at radius 2 is 1.90 bits per heavy atom. The van der Waals surface area contributed by atoms with Crippen molar-refractivity contribution in [3.05, 3.63) is 29.8 Å². The quantitative estimate of drug-likeness (QED) is 0.372. The van der Waals surface area contributed by atoms with Crippen LogP contribution in [0.15, 0.2) is 29.2 Å². The molecule has 0 heterocycles. The summed E-state index contributed by atoms with van der Waals surface area (Å²) in [6, 6.07) is 6.71. The summed E-state index contributed by atoms with van der Waals surface area (Å²) in [7, 11) is 0. The molecule has 1 N–H and O–H groups in total. The lowest BCUT2D eigenvalue weighted by Crippen LogP contribution is -2.16. The number of benzene rings is 1. The average molecular weight is 298 g/mol. The summed E-state index contributed by atoms with van der Waals surface area (Å²) in [6.45, 7) is 0.511. The molecule has 0 aliphatic heterocycles. The Hall–Kier alpha value is -1.08. The van der Waals surface area contributed by atoms with Crippen molar-refractivity contribution in [1.29, 1.82) is 0 Å². The van der Waals surface area contributed by atoms with E-state index in [0.717, 1.165) is 24.9 Å². The molecule has 5 nitrogen and oxygen atoms in total. The third-order valence-corrected chi connectivity index (χ3v) is 4.02. The molecule has 0 radical (unpaired) electrons. The maximum Gasteiger partial charge on any atom is 0.338 e. The molecule has 0 atom stereocenters. The minimum atomic E-state index is -0.300. The van der Waals surface area contributed by atoms with Crippen LogP contribution in [0.2, 0.25) is 0 Å². The number of hydrogen-bond donors (Lipinski definition) is 1. The van der Waals surface area contributed by atoms with Gasteiger partial charge < -0.3 is 4.74 Å². The molecule has 0 spiro atoms. The molecule has 1 aromatic carbocycles. The highest BCUT2D eigenvalue weighted by atomic mass is 32.2. The minimum absolute atomic E-state index is 0.300. The van der Waals surface area contributed by atoms with Gasteiger partial charge in [0.1, 0.15) is 0 Å². The van der Waals surface area contributed by atoms with E-state index in [0.29, 0.717) is 23.0 Å². The third-order valence-electron chi connectivity index (χ3n) is 3.43. The smallest absolute Gasteiger partial charge is 0.338 e. The van der Waals surface area contributed by atoms with Gasteiger partial charge in [-0.3, -0.25) is 0 Å². The minimum Gasteiger partial charge on any atom is -0.462 e. The van der Waals surface area contributed by atoms with Crippen LogP contribution in [-0.4, -0.2) is 17.8 Å². The maximum absolute atomic E-state index is 11.9. The van der Waals surface area contributed by atoms with E-state index < -0.39 is 0 Å². The van der Waals surface area contributed by atoms with Crippen molar-refractivity contribution >= 4 is 18.0 Å². The predicted molar refractivity (Wildman–Crippen MR) is 74.0 cm³/mol. The van der Waals surface area contributed by atoms with E-state index in [2.05, 4.69) is 9.37 Å². The van der Waals surface area contributed by atoms with Crippen molar-refractivity contribution in [3.8, 4) is 0 Å². The van der Waals surface area contributed by atoms with Gasteiger partial charge in [-0.25, -0.2) is 10.1 Å². The number of hydrogen-bond acceptors (Lipinski definition) is 6. The van der Waals surface area contributed by atoms with Crippen LogP contribution in [0.1, 0.15) is 42.5 Å². The Morgan fingerprint density at radius 3 is 2.55 bits per heavy atom. The zero-order valence-corrected chi connectivity index (χ0v) is 11.9. The van der Waals surface area contributed by atoms with E-state index in [1.165, 1.54) is 19.3 Å². The maximum atomic E-state index is 11.9. The predicted octanol–water partition coefficient (Wildman–Crippen LogP) is 3.85. The van der Waals surface area contributed by atoms with Gasteiger partial charge in [-0.15, -0.1) is 4.33 Å². The normalized spacial score (nSPS) is 16.1. The molecule has 1 fully saturated rings. The lowest BCUT2D eigenvalue weighted by atomic mass is 9.90. The van der Waals surface area contributed by atoms with Crippen LogP contribution >= 0.6 is 12.0 Å². The largest absolute Gasteiger partial charge is 0.462 e. The summed E-state index contributed by atoms with van der Waals surface area (Å²) in [4.78, 5) is 12.6. The Morgan fingerprint density at radius 1 is 1.20 bits per heavy atom. The van der Waals surface area contributed by atoms with Gasteiger partial charge in [0.2, 0.25) is 0 Å². The van der Waals surface area contributed by atoms with E-state index in [9.17, 15) is 4.79 Å². The van der Waals surface area contributed by atoms with Crippen LogP contribution in [0.5, 0.6) is 0 Å². The van der Waals surface area contributed by atoms with Gasteiger partial charge in [-0.2, -0.15) is 0 Å². The van der Waals surface area contributed by atoms with Crippen LogP contribution in [0, 0.1) is 5.92 Å². The first-order chi connectivity index (χ1) is 9.79. The zero-order valence-electron chi connectivity index (χ0n) is 11.1. The first kappa shape index (κ1) is 15.3. The topological polar surface area (TPSA) is 65.0 Å². The molecule has 1 aliphatic carbocycles. The van der Waals surface area contributed by atoms with Crippen molar-refractivity contribution < 1.29 is 24.2 Å². The van der Waals surface area contributed by atoms with Crippen LogP contribution < -0.4 is 0 Å². The standard InChI is InChI=1S/C14H18O5S/c15-14(17-10-11-4-2-1-3-5-11)12-6-8-13(9-7-12)20-19-18-16/h6-9,11,16H,1-5,10H2. The lowest BCUT2D eigenvalue weighted by molar-refractivity contribution is -0.432. The van der Waals surface area contributed by atoms with Crippen LogP contribution in [0.3, 0.4) is 0 Å². The first-order valence-electron chi connectivity index (χ1n) is 6.71. The fraction of sp³-hybridized carbons (Fsp3) is 0.500. The first-order valence-corrected chi connectivity index (χ1v) is 7.45. The lowest BCUT2D eigenvalue weighted by Gasteiger charge is -2.21. The van der Waals surface area contributed by atoms with Gasteiger partial charge in [-0.1, -0.05) is 24.3 Å². The van der Waals surface area contributed by atoms with Crippen LogP contribution in [0.4, 0.5) is 0 Å². The Bertz CT molecular complexity index is 414. The highest BCUT2D eigenvalue weighted by Gasteiger charge is 2.16. The van der Waals surface area contributed by atoms with Crippen molar-refractivity contribution in [1.82, 2.24) is 0 Å². The molecule has 2 rings (SSSR count). The SMILES string of the molecule is O=C(OCC1CCCCC1)c1ccc(SOOO)cc1. The van der Waals surface area contributed by atoms with Crippen molar-refractivity contribution in [2.24, 2.45) is 5.92 Å². The van der Waals surface area contributed by atoms with Crippen molar-refractivity contribution in [2.45, 2.75) is 37.0 Å². The van der Waals surface area contributed by atoms with Gasteiger partial charge in [0, 0.05) is 4.90 Å². The molecule has 1 aliphatic rings. The molecule has 1 aromatic rings. The fourth-order valence-corrected chi connectivity index (χ4v) is 2.69. The van der Waals surface area contributed by atoms with Gasteiger partial charge in [0.05, 0.1) is 24.2 Å². The number of carbonyl (C=O) groups is 1. The van der Waals surface area contributed by atoms with Crippen LogP contribution in [0.25, 0.3) is 0 Å². The van der Waals surface area contributed by atoms with E-state index in [4.69, 9.17) is 9.99 Å². The van der Waals surface area contributed by atoms with Gasteiger partial charge in [0.15, 0.2) is 0 Å². The number of esters is 1. The van der Waals surface area contributed by atoms with E-state index >= 15 is 0 Å². The second-order valence-corrected chi connectivity index (χ2v) is 5.63. The van der Waals surface area contributed by atoms with Crippen LogP contribution in [-0.2, 0) is 14.1 Å². The van der Waals surface area contributed by atoms with E-state index in [1.807, 2.05) is 0 Å². The highest BCUT2D eigenvalue weighted by Crippen LogP contribution is 2.24. The number of carbonyl (C=O) groups excluding carboxylic acids is 1. The Balaban J connectivity index is 1.79. The molecule has 0 bridgehead atoms. The van der Waals surface area contributed by atoms with Crippen molar-refractivity contribution in [3.63, 3.8) is 0 Å². The monoisotopic (exact) mass is 298 g/mol. The Kier molecular flexibility index (Phi) is 6.32. The number of ether oxygens (including phenoxy) is 1. The molecular weight excluding hydrogens is 280 g/mol. The summed E-state index contributed by atoms with van der Waals surface area (Å²) >= 11 is 0.853. The second-order valence-electron chi connectivity index (χ2n) is 4.85. The summed E-state index contributed by atoms with van der Waals surface area (Å²) in [5.74, 6) is 0.212. The van der Waals surface area contributed by atoms with E-state index in [-0.39, 0.29) is 5.97 Å². The van der Waals surface area contributed by atoms with E-state index in [1.54, 1.807) is 24.3 Å². The zero-order chi connectivity index (χ0) is 14.2. The molecule has 6 heteroatoms. The molecule has 0 unspecified atom stereocenters. The Labute approximate surface area is 122 Å². The average Bonchev–Trinajstić information content (AvgIpc) is 2.52. The highest BCUT2D eigenvalue weighted by molar-refractivity contribution is 7.94. The molecule has 0 aromatic heterocycles. The summed E-state index contributed by atoms with van der Waals surface area (Å²) in [5, 5.41) is 11.5. The third kappa shape index (κ3) is 4.79. The van der Waals surface area contributed by atoms with Gasteiger partial charge in [-0.05, 0) is 43.0 Å². The van der Waals surface area contributed by atoms with Gasteiger partial charge in [0.25, 0.3) is 0 Å². The summed E-state index contributed by atoms with van der Waals surface area (Å²) in [6.07, 6.45) is 6.08. The molecule has 0 amide bonds. The van der Waals surface area contributed by atoms with Gasteiger partial charge >= 0.3 is 5.97 Å². The molecule has 1 saturated carbocycles. The number of rotatable bonds is 6. The molecule has 110 valence electrons. The fourth-order valence-electron chi connectivity index (χ4n) is 2.33. The second kappa shape index (κ2) is 8.26. The molecule has 0 saturated heterocycles. The summed E-state index contributed by atoms with van der Waals surface area (Å²) in [5.41, 5.74) is 0.509. The summed E-state index contributed by atoms with van der Waals surface area (Å²) < 4.78 is 9.65.